The second kappa shape index (κ2) is 15.9. The lowest BCUT2D eigenvalue weighted by Gasteiger charge is -2.28. The molecule has 0 aliphatic rings. The summed E-state index contributed by atoms with van der Waals surface area (Å²) in [7, 11) is -2.44. The monoisotopic (exact) mass is 362 g/mol. The molecule has 0 radical (unpaired) electrons. The van der Waals surface area contributed by atoms with Gasteiger partial charge in [0, 0.05) is 32.4 Å². The standard InChI is InChI=1S/C17H38N2O4Si/c1-4-21-24(22-5-2,23-6-3)16-14-12-10-8-7-9-11-13-15-19-17(18)20/h4-16H2,1-3H3,(H3,18,19,20). The molecule has 0 aromatic carbocycles. The van der Waals surface area contributed by atoms with E-state index >= 15 is 0 Å². The lowest BCUT2D eigenvalue weighted by Crippen LogP contribution is -2.45. The highest BCUT2D eigenvalue weighted by molar-refractivity contribution is 6.60. The van der Waals surface area contributed by atoms with Gasteiger partial charge in [-0.25, -0.2) is 4.79 Å². The molecule has 0 rings (SSSR count). The van der Waals surface area contributed by atoms with E-state index in [1.165, 1.54) is 32.1 Å². The molecule has 0 unspecified atom stereocenters. The largest absolute Gasteiger partial charge is 0.500 e. The van der Waals surface area contributed by atoms with E-state index in [0.29, 0.717) is 26.4 Å². The molecule has 144 valence electrons. The van der Waals surface area contributed by atoms with Gasteiger partial charge in [-0.3, -0.25) is 0 Å². The molecule has 0 fully saturated rings. The van der Waals surface area contributed by atoms with Crippen molar-refractivity contribution >= 4 is 14.8 Å². The predicted octanol–water partition coefficient (Wildman–Crippen LogP) is 3.82. The Labute approximate surface area is 149 Å². The summed E-state index contributed by atoms with van der Waals surface area (Å²) in [4.78, 5) is 10.5. The molecule has 0 bridgehead atoms. The minimum Gasteiger partial charge on any atom is -0.374 e. The van der Waals surface area contributed by atoms with Gasteiger partial charge in [0.05, 0.1) is 0 Å². The molecule has 0 aliphatic heterocycles. The second-order valence-corrected chi connectivity index (χ2v) is 8.58. The van der Waals surface area contributed by atoms with Crippen molar-refractivity contribution in [3.05, 3.63) is 0 Å². The maximum absolute atomic E-state index is 10.5. The molecule has 0 saturated heterocycles. The first-order valence-corrected chi connectivity index (χ1v) is 11.5. The molecule has 24 heavy (non-hydrogen) atoms. The zero-order valence-corrected chi connectivity index (χ0v) is 16.9. The van der Waals surface area contributed by atoms with Crippen molar-refractivity contribution in [1.82, 2.24) is 5.32 Å². The van der Waals surface area contributed by atoms with E-state index in [4.69, 9.17) is 19.0 Å². The van der Waals surface area contributed by atoms with Crippen LogP contribution in [0.1, 0.15) is 72.1 Å². The highest BCUT2D eigenvalue weighted by atomic mass is 28.4. The number of nitrogens with two attached hydrogens (primary N) is 1. The van der Waals surface area contributed by atoms with E-state index in [9.17, 15) is 4.79 Å². The Hall–Kier alpha value is -0.633. The summed E-state index contributed by atoms with van der Waals surface area (Å²) in [5.41, 5.74) is 5.01. The van der Waals surface area contributed by atoms with Crippen LogP contribution in [-0.2, 0) is 13.3 Å². The van der Waals surface area contributed by atoms with Crippen LogP contribution < -0.4 is 11.1 Å². The van der Waals surface area contributed by atoms with Gasteiger partial charge in [0.2, 0.25) is 0 Å². The van der Waals surface area contributed by atoms with E-state index in [0.717, 1.165) is 25.3 Å². The average Bonchev–Trinajstić information content (AvgIpc) is 2.53. The Balaban J connectivity index is 3.65. The van der Waals surface area contributed by atoms with Crippen molar-refractivity contribution in [2.45, 2.75) is 78.2 Å². The third-order valence-corrected chi connectivity index (χ3v) is 6.95. The third kappa shape index (κ3) is 12.7. The van der Waals surface area contributed by atoms with Gasteiger partial charge in [0.15, 0.2) is 0 Å². The number of urea groups is 1. The highest BCUT2D eigenvalue weighted by Gasteiger charge is 2.39. The first kappa shape index (κ1) is 23.4. The molecule has 6 nitrogen and oxygen atoms in total. The normalized spacial score (nSPS) is 11.6. The molecule has 7 heteroatoms. The molecular weight excluding hydrogens is 324 g/mol. The van der Waals surface area contributed by atoms with Crippen LogP contribution >= 0.6 is 0 Å². The fourth-order valence-corrected chi connectivity index (χ4v) is 5.43. The van der Waals surface area contributed by atoms with Gasteiger partial charge >= 0.3 is 14.8 Å². The Morgan fingerprint density at radius 3 is 1.62 bits per heavy atom. The summed E-state index contributed by atoms with van der Waals surface area (Å²) >= 11 is 0. The molecule has 3 N–H and O–H groups in total. The molecule has 0 aromatic heterocycles. The van der Waals surface area contributed by atoms with Crippen LogP contribution in [0.15, 0.2) is 0 Å². The van der Waals surface area contributed by atoms with E-state index < -0.39 is 14.8 Å². The Bertz CT molecular complexity index is 289. The van der Waals surface area contributed by atoms with Gasteiger partial charge in [0.25, 0.3) is 0 Å². The van der Waals surface area contributed by atoms with E-state index in [2.05, 4.69) is 5.32 Å². The summed E-state index contributed by atoms with van der Waals surface area (Å²) in [6, 6.07) is 0.488. The number of unbranched alkanes of at least 4 members (excludes halogenated alkanes) is 7. The first-order chi connectivity index (χ1) is 11.6. The number of amides is 2. The topological polar surface area (TPSA) is 82.8 Å². The van der Waals surface area contributed by atoms with Crippen molar-refractivity contribution < 1.29 is 18.1 Å². The molecule has 0 aromatic rings. The van der Waals surface area contributed by atoms with Crippen LogP contribution in [-0.4, -0.2) is 41.2 Å². The average molecular weight is 363 g/mol. The maximum atomic E-state index is 10.5. The van der Waals surface area contributed by atoms with E-state index in [1.54, 1.807) is 0 Å². The van der Waals surface area contributed by atoms with Crippen molar-refractivity contribution in [1.29, 1.82) is 0 Å². The Morgan fingerprint density at radius 1 is 0.792 bits per heavy atom. The number of hydrogen-bond donors (Lipinski definition) is 2. The van der Waals surface area contributed by atoms with Crippen LogP contribution in [0, 0.1) is 0 Å². The number of rotatable bonds is 17. The summed E-state index contributed by atoms with van der Waals surface area (Å²) in [5, 5.41) is 2.62. The van der Waals surface area contributed by atoms with Gasteiger partial charge in [-0.2, -0.15) is 0 Å². The third-order valence-electron chi connectivity index (χ3n) is 3.80. The molecule has 0 saturated carbocycles. The maximum Gasteiger partial charge on any atom is 0.500 e. The van der Waals surface area contributed by atoms with Gasteiger partial charge in [-0.1, -0.05) is 38.5 Å². The fourth-order valence-electron chi connectivity index (χ4n) is 2.74. The molecule has 0 aliphatic carbocycles. The van der Waals surface area contributed by atoms with Gasteiger partial charge in [-0.15, -0.1) is 0 Å². The van der Waals surface area contributed by atoms with Crippen LogP contribution in [0.25, 0.3) is 0 Å². The Kier molecular flexibility index (Phi) is 15.5. The highest BCUT2D eigenvalue weighted by Crippen LogP contribution is 2.20. The summed E-state index contributed by atoms with van der Waals surface area (Å²) in [5.74, 6) is 0. The molecule has 2 amide bonds. The summed E-state index contributed by atoms with van der Waals surface area (Å²) in [6.07, 6.45) is 9.44. The molecule has 0 spiro atoms. The zero-order chi connectivity index (χ0) is 18.1. The minimum atomic E-state index is -2.44. The molecular formula is C17H38N2O4Si. The number of primary amides is 1. The lowest BCUT2D eigenvalue weighted by atomic mass is 10.1. The number of carbonyl (C=O) groups is 1. The SMILES string of the molecule is CCO[Si](CCCCCCCCCCNC(N)=O)(OCC)OCC. The lowest BCUT2D eigenvalue weighted by molar-refractivity contribution is 0.0706. The van der Waals surface area contributed by atoms with Crippen molar-refractivity contribution in [2.24, 2.45) is 5.73 Å². The molecule has 0 heterocycles. The van der Waals surface area contributed by atoms with Crippen LogP contribution in [0.3, 0.4) is 0 Å². The van der Waals surface area contributed by atoms with Gasteiger partial charge in [0.1, 0.15) is 0 Å². The summed E-state index contributed by atoms with van der Waals surface area (Å²) < 4.78 is 17.6. The zero-order valence-electron chi connectivity index (χ0n) is 15.9. The van der Waals surface area contributed by atoms with Gasteiger partial charge < -0.3 is 24.3 Å². The van der Waals surface area contributed by atoms with Gasteiger partial charge in [-0.05, 0) is 33.6 Å². The quantitative estimate of drug-likeness (QED) is 0.304. The number of carbonyl (C=O) groups excluding carboxylic acids is 1. The number of hydrogen-bond acceptors (Lipinski definition) is 4. The second-order valence-electron chi connectivity index (χ2n) is 5.85. The predicted molar refractivity (Wildman–Crippen MR) is 100.0 cm³/mol. The first-order valence-electron chi connectivity index (χ1n) is 9.55. The molecule has 0 atom stereocenters. The van der Waals surface area contributed by atoms with Crippen LogP contribution in [0.4, 0.5) is 4.79 Å². The fraction of sp³-hybridized carbons (Fsp3) is 0.941. The van der Waals surface area contributed by atoms with Crippen LogP contribution in [0.2, 0.25) is 6.04 Å². The smallest absolute Gasteiger partial charge is 0.374 e. The Morgan fingerprint density at radius 2 is 1.21 bits per heavy atom. The minimum absolute atomic E-state index is 0.430. The van der Waals surface area contributed by atoms with Crippen molar-refractivity contribution in [3.8, 4) is 0 Å². The van der Waals surface area contributed by atoms with E-state index in [1.807, 2.05) is 20.8 Å². The van der Waals surface area contributed by atoms with Crippen molar-refractivity contribution in [2.75, 3.05) is 26.4 Å². The van der Waals surface area contributed by atoms with Crippen molar-refractivity contribution in [3.63, 3.8) is 0 Å². The summed E-state index contributed by atoms with van der Waals surface area (Å²) in [6.45, 7) is 8.63. The number of nitrogens with one attached hydrogen (secondary N) is 1. The van der Waals surface area contributed by atoms with E-state index in [-0.39, 0.29) is 0 Å². The van der Waals surface area contributed by atoms with Crippen LogP contribution in [0.5, 0.6) is 0 Å².